The lowest BCUT2D eigenvalue weighted by molar-refractivity contribution is -0.145. The molecule has 2 heterocycles. The van der Waals surface area contributed by atoms with Crippen LogP contribution in [0, 0.1) is 0 Å². The molecule has 2 aliphatic heterocycles. The highest BCUT2D eigenvalue weighted by atomic mass is 32.2. The lowest BCUT2D eigenvalue weighted by atomic mass is 10.2. The summed E-state index contributed by atoms with van der Waals surface area (Å²) in [6.07, 6.45) is 3.96. The van der Waals surface area contributed by atoms with Gasteiger partial charge in [0.05, 0.1) is 11.3 Å². The number of carbonyl (C=O) groups is 1. The molecule has 0 amide bonds. The maximum absolute atomic E-state index is 11.6. The zero-order chi connectivity index (χ0) is 13.0. The fourth-order valence-electron chi connectivity index (χ4n) is 2.18. The van der Waals surface area contributed by atoms with E-state index in [-0.39, 0.29) is 17.5 Å². The van der Waals surface area contributed by atoms with E-state index in [1.807, 2.05) is 6.20 Å². The summed E-state index contributed by atoms with van der Waals surface area (Å²) in [5.41, 5.74) is 5.70. The molecule has 1 fully saturated rings. The normalized spacial score (nSPS) is 28.0. The molecule has 0 saturated carbocycles. The van der Waals surface area contributed by atoms with Crippen molar-refractivity contribution in [2.45, 2.75) is 24.4 Å². The van der Waals surface area contributed by atoms with Crippen LogP contribution in [-0.2, 0) is 9.53 Å². The molecule has 5 nitrogen and oxygen atoms in total. The first-order valence-corrected chi connectivity index (χ1v) is 7.90. The van der Waals surface area contributed by atoms with Crippen LogP contribution in [0.1, 0.15) is 12.8 Å². The maximum Gasteiger partial charge on any atom is 0.323 e. The van der Waals surface area contributed by atoms with Gasteiger partial charge in [-0.2, -0.15) is 0 Å². The van der Waals surface area contributed by atoms with Gasteiger partial charge in [-0.1, -0.05) is 11.8 Å². The summed E-state index contributed by atoms with van der Waals surface area (Å²) >= 11 is 3.42. The van der Waals surface area contributed by atoms with Crippen LogP contribution < -0.4 is 11.1 Å². The number of rotatable bonds is 5. The van der Waals surface area contributed by atoms with Gasteiger partial charge >= 0.3 is 5.97 Å². The van der Waals surface area contributed by atoms with Crippen LogP contribution in [0.4, 0.5) is 0 Å². The van der Waals surface area contributed by atoms with Crippen molar-refractivity contribution in [3.63, 3.8) is 0 Å². The smallest absolute Gasteiger partial charge is 0.323 e. The van der Waals surface area contributed by atoms with E-state index in [2.05, 4.69) is 10.2 Å². The van der Waals surface area contributed by atoms with Gasteiger partial charge in [0, 0.05) is 18.5 Å². The number of carbonyl (C=O) groups excluding carboxylic acids is 1. The van der Waals surface area contributed by atoms with Crippen molar-refractivity contribution in [2.75, 3.05) is 26.0 Å². The molecule has 0 aromatic carbocycles. The van der Waals surface area contributed by atoms with E-state index in [1.54, 1.807) is 23.5 Å². The Balaban J connectivity index is 1.71. The monoisotopic (exact) mass is 289 g/mol. The van der Waals surface area contributed by atoms with Crippen LogP contribution in [-0.4, -0.2) is 48.4 Å². The molecule has 0 aromatic rings. The first-order valence-electron chi connectivity index (χ1n) is 6.04. The van der Waals surface area contributed by atoms with Gasteiger partial charge in [-0.3, -0.25) is 9.69 Å². The minimum absolute atomic E-state index is 0.0119. The highest BCUT2D eigenvalue weighted by Gasteiger charge is 2.31. The standard InChI is InChI=1S/C11H19N3O2S2/c1-16-10(15)8-3-2-4-14(8)5-6-17-9-7-13-11(12)18-9/h7-8,11,13H,2-6,12H2,1H3. The molecule has 0 spiro atoms. The number of nitrogens with one attached hydrogen (secondary N) is 1. The second-order valence-electron chi connectivity index (χ2n) is 4.23. The molecule has 0 aliphatic carbocycles. The molecular formula is C11H19N3O2S2. The van der Waals surface area contributed by atoms with Crippen molar-refractivity contribution < 1.29 is 9.53 Å². The van der Waals surface area contributed by atoms with Crippen molar-refractivity contribution >= 4 is 29.5 Å². The van der Waals surface area contributed by atoms with Gasteiger partial charge in [-0.15, -0.1) is 11.8 Å². The molecule has 0 radical (unpaired) electrons. The molecule has 102 valence electrons. The molecule has 2 rings (SSSR count). The molecule has 2 unspecified atom stereocenters. The van der Waals surface area contributed by atoms with E-state index in [0.29, 0.717) is 0 Å². The number of esters is 1. The molecule has 2 aliphatic rings. The molecule has 1 saturated heterocycles. The Morgan fingerprint density at radius 1 is 1.78 bits per heavy atom. The van der Waals surface area contributed by atoms with Crippen LogP contribution in [0.25, 0.3) is 0 Å². The van der Waals surface area contributed by atoms with Gasteiger partial charge < -0.3 is 15.8 Å². The highest BCUT2D eigenvalue weighted by molar-refractivity contribution is 8.22. The Bertz CT molecular complexity index is 338. The summed E-state index contributed by atoms with van der Waals surface area (Å²) in [7, 11) is 1.46. The van der Waals surface area contributed by atoms with E-state index in [4.69, 9.17) is 10.5 Å². The number of ether oxygens (including phenoxy) is 1. The van der Waals surface area contributed by atoms with Gasteiger partial charge in [-0.25, -0.2) is 0 Å². The van der Waals surface area contributed by atoms with Crippen LogP contribution in [0.2, 0.25) is 0 Å². The van der Waals surface area contributed by atoms with Gasteiger partial charge in [0.25, 0.3) is 0 Å². The summed E-state index contributed by atoms with van der Waals surface area (Å²) in [4.78, 5) is 13.8. The lowest BCUT2D eigenvalue weighted by Crippen LogP contribution is -2.38. The molecule has 0 aromatic heterocycles. The van der Waals surface area contributed by atoms with Crippen LogP contribution in [0.15, 0.2) is 10.4 Å². The minimum Gasteiger partial charge on any atom is -0.468 e. The zero-order valence-corrected chi connectivity index (χ0v) is 12.1. The van der Waals surface area contributed by atoms with E-state index in [9.17, 15) is 4.79 Å². The quantitative estimate of drug-likeness (QED) is 0.723. The summed E-state index contributed by atoms with van der Waals surface area (Å²) in [6, 6.07) is -0.0406. The van der Waals surface area contributed by atoms with E-state index in [0.717, 1.165) is 31.7 Å². The largest absolute Gasteiger partial charge is 0.468 e. The molecular weight excluding hydrogens is 270 g/mol. The maximum atomic E-state index is 11.6. The third-order valence-electron chi connectivity index (χ3n) is 3.07. The average molecular weight is 289 g/mol. The summed E-state index contributed by atoms with van der Waals surface area (Å²) in [5, 5.41) is 3.05. The van der Waals surface area contributed by atoms with Crippen LogP contribution >= 0.6 is 23.5 Å². The summed E-state index contributed by atoms with van der Waals surface area (Å²) in [6.45, 7) is 1.90. The highest BCUT2D eigenvalue weighted by Crippen LogP contribution is 2.33. The van der Waals surface area contributed by atoms with Gasteiger partial charge in [0.15, 0.2) is 0 Å². The van der Waals surface area contributed by atoms with E-state index in [1.165, 1.54) is 11.3 Å². The Kier molecular flexibility index (Phi) is 5.23. The Hall–Kier alpha value is -0.370. The summed E-state index contributed by atoms with van der Waals surface area (Å²) < 4.78 is 6.05. The predicted molar refractivity (Wildman–Crippen MR) is 75.9 cm³/mol. The summed E-state index contributed by atoms with van der Waals surface area (Å²) in [5.74, 6) is 0.872. The van der Waals surface area contributed by atoms with Crippen LogP contribution in [0.3, 0.4) is 0 Å². The van der Waals surface area contributed by atoms with Crippen molar-refractivity contribution in [3.05, 3.63) is 10.4 Å². The Labute approximate surface area is 116 Å². The van der Waals surface area contributed by atoms with Crippen molar-refractivity contribution in [2.24, 2.45) is 5.73 Å². The first-order chi connectivity index (χ1) is 8.70. The first kappa shape index (κ1) is 14.0. The number of nitrogens with two attached hydrogens (primary N) is 1. The number of methoxy groups -OCH3 is 1. The molecule has 0 bridgehead atoms. The number of likely N-dealkylation sites (tertiary alicyclic amines) is 1. The second-order valence-corrected chi connectivity index (χ2v) is 6.81. The molecule has 2 atom stereocenters. The van der Waals surface area contributed by atoms with Gasteiger partial charge in [0.1, 0.15) is 11.5 Å². The Morgan fingerprint density at radius 2 is 2.61 bits per heavy atom. The number of hydrogen-bond donors (Lipinski definition) is 2. The van der Waals surface area contributed by atoms with Gasteiger partial charge in [0.2, 0.25) is 0 Å². The average Bonchev–Trinajstić information content (AvgIpc) is 2.98. The van der Waals surface area contributed by atoms with Crippen LogP contribution in [0.5, 0.6) is 0 Å². The molecule has 18 heavy (non-hydrogen) atoms. The van der Waals surface area contributed by atoms with E-state index < -0.39 is 0 Å². The SMILES string of the molecule is COC(=O)C1CCCN1CCSC1=CNC(N)S1. The van der Waals surface area contributed by atoms with Gasteiger partial charge in [-0.05, 0) is 19.4 Å². The predicted octanol–water partition coefficient (Wildman–Crippen LogP) is 0.735. The third kappa shape index (κ3) is 3.57. The number of hydrogen-bond acceptors (Lipinski definition) is 7. The zero-order valence-electron chi connectivity index (χ0n) is 10.4. The van der Waals surface area contributed by atoms with Crippen molar-refractivity contribution in [1.82, 2.24) is 10.2 Å². The number of thioether (sulfide) groups is 2. The number of nitrogens with zero attached hydrogens (tertiary/aromatic N) is 1. The molecule has 7 heteroatoms. The van der Waals surface area contributed by atoms with Crippen molar-refractivity contribution in [3.8, 4) is 0 Å². The molecule has 3 N–H and O–H groups in total. The van der Waals surface area contributed by atoms with E-state index >= 15 is 0 Å². The Morgan fingerprint density at radius 3 is 3.28 bits per heavy atom. The van der Waals surface area contributed by atoms with Crippen molar-refractivity contribution in [1.29, 1.82) is 0 Å². The lowest BCUT2D eigenvalue weighted by Gasteiger charge is -2.21. The topological polar surface area (TPSA) is 67.6 Å². The minimum atomic E-state index is -0.101. The second kappa shape index (κ2) is 6.70. The fourth-order valence-corrected chi connectivity index (χ4v) is 4.21. The fraction of sp³-hybridized carbons (Fsp3) is 0.727. The third-order valence-corrected chi connectivity index (χ3v) is 5.24.